The first-order valence-electron chi connectivity index (χ1n) is 9.42. The fourth-order valence-corrected chi connectivity index (χ4v) is 2.98. The molecular weight excluding hydrogens is 479 g/mol. The van der Waals surface area contributed by atoms with Gasteiger partial charge in [0.2, 0.25) is 5.91 Å². The molecule has 8 nitrogen and oxygen atoms in total. The van der Waals surface area contributed by atoms with Crippen LogP contribution in [-0.2, 0) is 22.1 Å². The number of nitrogens with one attached hydrogen (secondary N) is 1. The number of hydrogen-bond donors (Lipinski definition) is 2. The number of benzene rings is 2. The molecule has 0 aliphatic carbocycles. The van der Waals surface area contributed by atoms with Crippen LogP contribution in [0.3, 0.4) is 0 Å². The van der Waals surface area contributed by atoms with E-state index in [1.54, 1.807) is 24.3 Å². The smallest absolute Gasteiger partial charge is 0.417 e. The fraction of sp³-hybridized carbons (Fsp3) is 0.0909. The minimum atomic E-state index is -4.65. The van der Waals surface area contributed by atoms with Gasteiger partial charge in [-0.1, -0.05) is 23.7 Å². The number of halogens is 4. The van der Waals surface area contributed by atoms with E-state index in [4.69, 9.17) is 22.1 Å². The van der Waals surface area contributed by atoms with E-state index in [0.717, 1.165) is 12.1 Å². The van der Waals surface area contributed by atoms with Crippen molar-refractivity contribution >= 4 is 35.3 Å². The van der Waals surface area contributed by atoms with Crippen molar-refractivity contribution in [3.8, 4) is 11.5 Å². The number of anilines is 1. The van der Waals surface area contributed by atoms with Gasteiger partial charge in [0.05, 0.1) is 17.0 Å². The predicted molar refractivity (Wildman–Crippen MR) is 115 cm³/mol. The summed E-state index contributed by atoms with van der Waals surface area (Å²) in [5.41, 5.74) is 4.08. The zero-order valence-electron chi connectivity index (χ0n) is 17.1. The number of hydrogen-bond acceptors (Lipinski definition) is 6. The molecule has 1 aromatic heterocycles. The summed E-state index contributed by atoms with van der Waals surface area (Å²) in [6.45, 7) is 0. The molecule has 0 aliphatic heterocycles. The van der Waals surface area contributed by atoms with Crippen LogP contribution in [0.4, 0.5) is 23.7 Å². The monoisotopic (exact) mass is 493 g/mol. The summed E-state index contributed by atoms with van der Waals surface area (Å²) in [5.74, 6) is -0.990. The lowest BCUT2D eigenvalue weighted by molar-refractivity contribution is -0.137. The van der Waals surface area contributed by atoms with Gasteiger partial charge in [-0.15, -0.1) is 0 Å². The highest BCUT2D eigenvalue weighted by Crippen LogP contribution is 2.36. The van der Waals surface area contributed by atoms with E-state index >= 15 is 0 Å². The topological polar surface area (TPSA) is 121 Å². The molecule has 12 heteroatoms. The summed E-state index contributed by atoms with van der Waals surface area (Å²) >= 11 is 5.57. The zero-order valence-corrected chi connectivity index (χ0v) is 17.8. The van der Waals surface area contributed by atoms with Crippen molar-refractivity contribution in [1.29, 1.82) is 0 Å². The molecule has 0 bridgehead atoms. The van der Waals surface area contributed by atoms with E-state index in [1.165, 1.54) is 24.4 Å². The largest absolute Gasteiger partial charge is 0.457 e. The molecule has 1 heterocycles. The number of esters is 1. The van der Waals surface area contributed by atoms with Gasteiger partial charge in [-0.05, 0) is 42.0 Å². The van der Waals surface area contributed by atoms with Crippen LogP contribution in [0, 0.1) is 0 Å². The number of carbonyl (C=O) groups is 3. The van der Waals surface area contributed by atoms with Crippen LogP contribution in [0.25, 0.3) is 0 Å². The summed E-state index contributed by atoms with van der Waals surface area (Å²) in [6, 6.07) is 12.1. The van der Waals surface area contributed by atoms with Crippen LogP contribution in [0.1, 0.15) is 21.6 Å². The van der Waals surface area contributed by atoms with Crippen molar-refractivity contribution in [3.05, 3.63) is 82.6 Å². The molecule has 0 unspecified atom stereocenters. The summed E-state index contributed by atoms with van der Waals surface area (Å²) in [4.78, 5) is 38.4. The Kier molecular flexibility index (Phi) is 7.37. The SMILES string of the molecule is NC(=O)OC(=O)c1cc(Oc2ccc(CC(=O)Nc3ccc(Cl)c(C(F)(F)F)c3)cc2)ccn1. The Hall–Kier alpha value is -4.12. The van der Waals surface area contributed by atoms with Crippen molar-refractivity contribution < 1.29 is 37.0 Å². The molecular formula is C22H15ClF3N3O5. The molecule has 0 saturated carbocycles. The molecule has 0 spiro atoms. The predicted octanol–water partition coefficient (Wildman–Crippen LogP) is 4.96. The summed E-state index contributed by atoms with van der Waals surface area (Å²) in [5, 5.41) is 1.94. The average Bonchev–Trinajstić information content (AvgIpc) is 2.75. The molecule has 34 heavy (non-hydrogen) atoms. The number of primary amides is 1. The number of carbonyl (C=O) groups excluding carboxylic acids is 3. The normalized spacial score (nSPS) is 10.9. The van der Waals surface area contributed by atoms with Gasteiger partial charge in [0, 0.05) is 18.0 Å². The van der Waals surface area contributed by atoms with Crippen molar-refractivity contribution in [3.63, 3.8) is 0 Å². The van der Waals surface area contributed by atoms with Crippen molar-refractivity contribution in [1.82, 2.24) is 4.98 Å². The standard InChI is InChI=1S/C22H15ClF3N3O5/c23-17-6-3-13(10-16(17)22(24,25)26)29-19(30)9-12-1-4-14(5-2-12)33-15-7-8-28-18(11-15)20(31)34-21(27)32/h1-8,10-11H,9H2,(H2,27,32)(H,29,30). The van der Waals surface area contributed by atoms with Crippen LogP contribution in [0.5, 0.6) is 11.5 Å². The first-order chi connectivity index (χ1) is 16.0. The van der Waals surface area contributed by atoms with Crippen LogP contribution in [0.15, 0.2) is 60.8 Å². The van der Waals surface area contributed by atoms with E-state index in [1.807, 2.05) is 0 Å². The number of rotatable bonds is 6. The molecule has 2 amide bonds. The number of aromatic nitrogens is 1. The number of alkyl halides is 3. The van der Waals surface area contributed by atoms with E-state index in [-0.39, 0.29) is 23.6 Å². The third-order valence-electron chi connectivity index (χ3n) is 4.21. The molecule has 0 radical (unpaired) electrons. The van der Waals surface area contributed by atoms with Crippen LogP contribution in [-0.4, -0.2) is 23.0 Å². The van der Waals surface area contributed by atoms with Crippen molar-refractivity contribution in [2.24, 2.45) is 5.73 Å². The second kappa shape index (κ2) is 10.2. The minimum Gasteiger partial charge on any atom is -0.457 e. The molecule has 3 aromatic rings. The molecule has 0 saturated heterocycles. The van der Waals surface area contributed by atoms with Gasteiger partial charge in [0.25, 0.3) is 0 Å². The number of pyridine rings is 1. The lowest BCUT2D eigenvalue weighted by atomic mass is 10.1. The Morgan fingerprint density at radius 3 is 2.35 bits per heavy atom. The Labute approximate surface area is 195 Å². The Morgan fingerprint density at radius 1 is 1.00 bits per heavy atom. The molecule has 2 aromatic carbocycles. The highest BCUT2D eigenvalue weighted by atomic mass is 35.5. The van der Waals surface area contributed by atoms with E-state index < -0.39 is 34.7 Å². The van der Waals surface area contributed by atoms with Gasteiger partial charge in [-0.25, -0.2) is 14.6 Å². The number of ether oxygens (including phenoxy) is 2. The zero-order chi connectivity index (χ0) is 24.9. The lowest BCUT2D eigenvalue weighted by Gasteiger charge is -2.12. The van der Waals surface area contributed by atoms with E-state index in [2.05, 4.69) is 15.0 Å². The Bertz CT molecular complexity index is 1230. The Balaban J connectivity index is 1.62. The minimum absolute atomic E-state index is 0.0370. The second-order valence-corrected chi connectivity index (χ2v) is 7.16. The molecule has 3 rings (SSSR count). The summed E-state index contributed by atoms with van der Waals surface area (Å²) in [7, 11) is 0. The van der Waals surface area contributed by atoms with E-state index in [9.17, 15) is 27.6 Å². The highest BCUT2D eigenvalue weighted by Gasteiger charge is 2.33. The van der Waals surface area contributed by atoms with Gasteiger partial charge in [-0.2, -0.15) is 13.2 Å². The van der Waals surface area contributed by atoms with Gasteiger partial charge in [-0.3, -0.25) is 4.79 Å². The maximum Gasteiger partial charge on any atom is 0.417 e. The third kappa shape index (κ3) is 6.69. The van der Waals surface area contributed by atoms with Crippen LogP contribution in [0.2, 0.25) is 5.02 Å². The Morgan fingerprint density at radius 2 is 1.71 bits per heavy atom. The summed E-state index contributed by atoms with van der Waals surface area (Å²) in [6.07, 6.45) is -4.75. The van der Waals surface area contributed by atoms with Crippen molar-refractivity contribution in [2.75, 3.05) is 5.32 Å². The molecule has 0 aliphatic rings. The maximum absolute atomic E-state index is 13.0. The number of nitrogens with zero attached hydrogens (tertiary/aromatic N) is 1. The van der Waals surface area contributed by atoms with Crippen LogP contribution >= 0.6 is 11.6 Å². The lowest BCUT2D eigenvalue weighted by Crippen LogP contribution is -2.19. The molecule has 176 valence electrons. The number of amides is 2. The summed E-state index contributed by atoms with van der Waals surface area (Å²) < 4.78 is 48.7. The first kappa shape index (κ1) is 24.5. The van der Waals surface area contributed by atoms with Crippen molar-refractivity contribution in [2.45, 2.75) is 12.6 Å². The average molecular weight is 494 g/mol. The molecule has 0 fully saturated rings. The molecule has 0 atom stereocenters. The fourth-order valence-electron chi connectivity index (χ4n) is 2.75. The number of nitrogens with two attached hydrogens (primary N) is 1. The van der Waals surface area contributed by atoms with Gasteiger partial charge < -0.3 is 20.5 Å². The van der Waals surface area contributed by atoms with Gasteiger partial charge >= 0.3 is 18.2 Å². The third-order valence-corrected chi connectivity index (χ3v) is 4.54. The second-order valence-electron chi connectivity index (χ2n) is 6.75. The first-order valence-corrected chi connectivity index (χ1v) is 9.80. The van der Waals surface area contributed by atoms with Crippen LogP contribution < -0.4 is 15.8 Å². The molecule has 3 N–H and O–H groups in total. The van der Waals surface area contributed by atoms with E-state index in [0.29, 0.717) is 11.3 Å². The maximum atomic E-state index is 13.0. The van der Waals surface area contributed by atoms with Gasteiger partial charge in [0.15, 0.2) is 5.69 Å². The highest BCUT2D eigenvalue weighted by molar-refractivity contribution is 6.31. The quantitative estimate of drug-likeness (QED) is 0.370. The van der Waals surface area contributed by atoms with Gasteiger partial charge in [0.1, 0.15) is 11.5 Å².